The predicted octanol–water partition coefficient (Wildman–Crippen LogP) is 1.83. The van der Waals surface area contributed by atoms with Crippen LogP contribution in [0.4, 0.5) is 4.79 Å². The lowest BCUT2D eigenvalue weighted by Gasteiger charge is -2.33. The predicted molar refractivity (Wildman–Crippen MR) is 104 cm³/mol. The first-order chi connectivity index (χ1) is 14.3. The van der Waals surface area contributed by atoms with E-state index in [-0.39, 0.29) is 24.3 Å². The third-order valence-electron chi connectivity index (χ3n) is 5.66. The number of rotatable bonds is 4. The Morgan fingerprint density at radius 3 is 2.70 bits per heavy atom. The van der Waals surface area contributed by atoms with Gasteiger partial charge < -0.3 is 19.8 Å². The molecule has 156 valence electrons. The number of imide groups is 1. The second-order valence-electron chi connectivity index (χ2n) is 7.36. The van der Waals surface area contributed by atoms with E-state index in [0.29, 0.717) is 22.6 Å². The van der Waals surface area contributed by atoms with Crippen molar-refractivity contribution >= 4 is 23.7 Å². The number of nitrogens with one attached hydrogen (secondary N) is 2. The Morgan fingerprint density at radius 1 is 1.23 bits per heavy atom. The molecule has 0 unspecified atom stereocenters. The smallest absolute Gasteiger partial charge is 0.339 e. The molecule has 1 saturated heterocycles. The molecule has 0 saturated carbocycles. The average molecular weight is 411 g/mol. The maximum atomic E-state index is 13.3. The average Bonchev–Trinajstić information content (AvgIpc) is 3.16. The van der Waals surface area contributed by atoms with E-state index in [0.717, 1.165) is 4.90 Å². The Labute approximate surface area is 172 Å². The lowest BCUT2D eigenvalue weighted by atomic mass is 9.84. The lowest BCUT2D eigenvalue weighted by Crippen LogP contribution is -2.47. The van der Waals surface area contributed by atoms with Crippen LogP contribution in [0.25, 0.3) is 0 Å². The van der Waals surface area contributed by atoms with Crippen LogP contribution in [0.15, 0.2) is 24.3 Å². The molecule has 1 fully saturated rings. The minimum Gasteiger partial charge on any atom is -0.493 e. The first kappa shape index (κ1) is 19.7. The molecule has 0 radical (unpaired) electrons. The van der Waals surface area contributed by atoms with Crippen LogP contribution >= 0.6 is 0 Å². The van der Waals surface area contributed by atoms with Gasteiger partial charge in [-0.15, -0.1) is 0 Å². The fourth-order valence-corrected chi connectivity index (χ4v) is 4.18. The Kier molecular flexibility index (Phi) is 4.60. The number of para-hydroxylation sites is 1. The van der Waals surface area contributed by atoms with Crippen molar-refractivity contribution in [3.63, 3.8) is 0 Å². The summed E-state index contributed by atoms with van der Waals surface area (Å²) in [5, 5.41) is 2.76. The summed E-state index contributed by atoms with van der Waals surface area (Å²) in [5.41, 5.74) is 0.667. The maximum Gasteiger partial charge on any atom is 0.339 e. The van der Waals surface area contributed by atoms with Crippen molar-refractivity contribution in [3.05, 3.63) is 52.3 Å². The van der Waals surface area contributed by atoms with Gasteiger partial charge in [-0.3, -0.25) is 14.5 Å². The molecule has 9 heteroatoms. The molecule has 9 nitrogen and oxygen atoms in total. The Morgan fingerprint density at radius 2 is 1.97 bits per heavy atom. The van der Waals surface area contributed by atoms with Gasteiger partial charge in [0.25, 0.3) is 5.91 Å². The normalized spacial score (nSPS) is 20.0. The van der Waals surface area contributed by atoms with E-state index in [9.17, 15) is 19.2 Å². The van der Waals surface area contributed by atoms with Gasteiger partial charge in [0.2, 0.25) is 0 Å². The molecule has 2 N–H and O–H groups in total. The summed E-state index contributed by atoms with van der Waals surface area (Å²) in [4.78, 5) is 54.6. The van der Waals surface area contributed by atoms with Crippen molar-refractivity contribution in [2.75, 3.05) is 20.3 Å². The number of esters is 1. The topological polar surface area (TPSA) is 118 Å². The number of aromatic nitrogens is 1. The number of hydrogen-bond acceptors (Lipinski definition) is 6. The highest BCUT2D eigenvalue weighted by molar-refractivity contribution is 6.12. The molecule has 2 aliphatic rings. The number of ketones is 1. The number of H-pyrrole nitrogens is 1. The van der Waals surface area contributed by atoms with Gasteiger partial charge in [-0.05, 0) is 25.5 Å². The zero-order chi connectivity index (χ0) is 21.6. The van der Waals surface area contributed by atoms with E-state index in [1.165, 1.54) is 7.11 Å². The van der Waals surface area contributed by atoms with E-state index in [2.05, 4.69) is 10.3 Å². The van der Waals surface area contributed by atoms with Gasteiger partial charge in [0, 0.05) is 17.7 Å². The maximum absolute atomic E-state index is 13.3. The molecule has 0 bridgehead atoms. The molecular weight excluding hydrogens is 390 g/mol. The minimum atomic E-state index is -1.25. The van der Waals surface area contributed by atoms with Crippen molar-refractivity contribution in [1.82, 2.24) is 15.2 Å². The molecule has 1 atom stereocenters. The molecule has 2 aliphatic heterocycles. The molecular formula is C21H21N3O6. The summed E-state index contributed by atoms with van der Waals surface area (Å²) in [7, 11) is 1.26. The summed E-state index contributed by atoms with van der Waals surface area (Å²) in [6.07, 6.45) is 0.270. The second kappa shape index (κ2) is 7.01. The van der Waals surface area contributed by atoms with Crippen molar-refractivity contribution in [2.45, 2.75) is 25.8 Å². The van der Waals surface area contributed by atoms with Crippen LogP contribution in [0.3, 0.4) is 0 Å². The number of fused-ring (bicyclic) bond motifs is 2. The van der Waals surface area contributed by atoms with Crippen molar-refractivity contribution in [3.8, 4) is 5.75 Å². The van der Waals surface area contributed by atoms with Gasteiger partial charge in [-0.25, -0.2) is 9.59 Å². The monoisotopic (exact) mass is 411 g/mol. The number of amides is 3. The van der Waals surface area contributed by atoms with Crippen LogP contribution in [-0.2, 0) is 15.1 Å². The van der Waals surface area contributed by atoms with E-state index in [1.54, 1.807) is 38.1 Å². The number of Topliss-reactive ketones (excluding diaryl/α,β-unsaturated/α-hetero) is 1. The van der Waals surface area contributed by atoms with Crippen LogP contribution < -0.4 is 10.1 Å². The fraction of sp³-hybridized carbons (Fsp3) is 0.333. The van der Waals surface area contributed by atoms with E-state index >= 15 is 0 Å². The number of carbonyl (C=O) groups excluding carboxylic acids is 4. The minimum absolute atomic E-state index is 0.168. The number of carbonyl (C=O) groups is 4. The molecule has 1 spiro atoms. The van der Waals surface area contributed by atoms with E-state index in [1.807, 2.05) is 0 Å². The Hall–Kier alpha value is -3.62. The SMILES string of the molecule is COC(=O)c1c(C)[nH]c(C(=O)CN2C(=O)N[C@@]3(CCOc4ccccc43)C2=O)c1C. The van der Waals surface area contributed by atoms with Crippen LogP contribution in [0.5, 0.6) is 5.75 Å². The van der Waals surface area contributed by atoms with Gasteiger partial charge in [0.05, 0.1) is 31.5 Å². The van der Waals surface area contributed by atoms with Gasteiger partial charge >= 0.3 is 12.0 Å². The molecule has 1 aromatic carbocycles. The van der Waals surface area contributed by atoms with Crippen LogP contribution in [-0.4, -0.2) is 53.8 Å². The zero-order valence-corrected chi connectivity index (χ0v) is 16.8. The zero-order valence-electron chi connectivity index (χ0n) is 16.8. The van der Waals surface area contributed by atoms with Crippen molar-refractivity contribution in [2.24, 2.45) is 0 Å². The van der Waals surface area contributed by atoms with E-state index in [4.69, 9.17) is 9.47 Å². The van der Waals surface area contributed by atoms with Gasteiger partial charge in [-0.2, -0.15) is 0 Å². The number of aromatic amines is 1. The molecule has 3 amide bonds. The number of nitrogens with zero attached hydrogens (tertiary/aromatic N) is 1. The van der Waals surface area contributed by atoms with E-state index < -0.39 is 35.8 Å². The highest BCUT2D eigenvalue weighted by atomic mass is 16.5. The Balaban J connectivity index is 1.63. The molecule has 4 rings (SSSR count). The number of ether oxygens (including phenoxy) is 2. The first-order valence-electron chi connectivity index (χ1n) is 9.47. The summed E-state index contributed by atoms with van der Waals surface area (Å²) in [6, 6.07) is 6.39. The first-order valence-corrected chi connectivity index (χ1v) is 9.47. The lowest BCUT2D eigenvalue weighted by molar-refractivity contribution is -0.132. The summed E-state index contributed by atoms with van der Waals surface area (Å²) < 4.78 is 10.4. The van der Waals surface area contributed by atoms with Crippen molar-refractivity contribution in [1.29, 1.82) is 0 Å². The van der Waals surface area contributed by atoms with Gasteiger partial charge in [0.1, 0.15) is 5.75 Å². The summed E-state index contributed by atoms with van der Waals surface area (Å²) in [6.45, 7) is 3.09. The highest BCUT2D eigenvalue weighted by Crippen LogP contribution is 2.41. The number of methoxy groups -OCH3 is 1. The largest absolute Gasteiger partial charge is 0.493 e. The molecule has 0 aliphatic carbocycles. The quantitative estimate of drug-likeness (QED) is 0.450. The molecule has 30 heavy (non-hydrogen) atoms. The van der Waals surface area contributed by atoms with Crippen molar-refractivity contribution < 1.29 is 28.7 Å². The third-order valence-corrected chi connectivity index (χ3v) is 5.66. The van der Waals surface area contributed by atoms with Gasteiger partial charge in [-0.1, -0.05) is 18.2 Å². The number of urea groups is 1. The standard InChI is InChI=1S/C21H21N3O6/c1-11-16(18(26)29-3)12(2)22-17(11)14(25)10-24-19(27)21(23-20(24)28)8-9-30-15-7-5-4-6-13(15)21/h4-7,22H,8-10H2,1-3H3,(H,23,28)/t21-/m1/s1. The fourth-order valence-electron chi connectivity index (χ4n) is 4.18. The second-order valence-corrected chi connectivity index (χ2v) is 7.36. The molecule has 3 heterocycles. The summed E-state index contributed by atoms with van der Waals surface area (Å²) >= 11 is 0. The van der Waals surface area contributed by atoms with Crippen LogP contribution in [0.2, 0.25) is 0 Å². The number of benzene rings is 1. The Bertz CT molecular complexity index is 1090. The molecule has 1 aromatic heterocycles. The molecule has 2 aromatic rings. The van der Waals surface area contributed by atoms with Crippen LogP contribution in [0.1, 0.15) is 44.1 Å². The highest BCUT2D eigenvalue weighted by Gasteiger charge is 2.55. The van der Waals surface area contributed by atoms with Crippen LogP contribution in [0, 0.1) is 13.8 Å². The number of hydrogen-bond donors (Lipinski definition) is 2. The summed E-state index contributed by atoms with van der Waals surface area (Å²) in [5.74, 6) is -1.01. The third kappa shape index (κ3) is 2.77. The number of aryl methyl sites for hydroxylation is 1. The van der Waals surface area contributed by atoms with Gasteiger partial charge in [0.15, 0.2) is 11.3 Å².